The summed E-state index contributed by atoms with van der Waals surface area (Å²) in [7, 11) is 1.90. The molecule has 2 aromatic carbocycles. The Morgan fingerprint density at radius 2 is 2.10 bits per heavy atom. The summed E-state index contributed by atoms with van der Waals surface area (Å²) < 4.78 is 0. The molecule has 0 amide bonds. The van der Waals surface area contributed by atoms with Crippen LogP contribution in [0.25, 0.3) is 0 Å². The van der Waals surface area contributed by atoms with Crippen LogP contribution in [0.15, 0.2) is 47.4 Å². The largest absolute Gasteiger partial charge is 0.316 e. The van der Waals surface area contributed by atoms with Gasteiger partial charge >= 0.3 is 0 Å². The lowest BCUT2D eigenvalue weighted by molar-refractivity contribution is -0.385. The maximum Gasteiger partial charge on any atom is 0.274 e. The summed E-state index contributed by atoms with van der Waals surface area (Å²) in [5, 5.41) is 14.5. The number of thioether (sulfide) groups is 1. The Bertz CT molecular complexity index is 649. The smallest absolute Gasteiger partial charge is 0.274 e. The number of rotatable bonds is 6. The van der Waals surface area contributed by atoms with E-state index in [1.54, 1.807) is 23.9 Å². The Balaban J connectivity index is 2.13. The van der Waals surface area contributed by atoms with Crippen LogP contribution in [-0.2, 0) is 12.3 Å². The molecule has 0 aliphatic rings. The molecule has 21 heavy (non-hydrogen) atoms. The first-order valence-electron chi connectivity index (χ1n) is 6.39. The minimum atomic E-state index is -0.390. The molecule has 0 aliphatic carbocycles. The second-order valence-electron chi connectivity index (χ2n) is 4.50. The number of benzene rings is 2. The third kappa shape index (κ3) is 4.46. The Kier molecular flexibility index (Phi) is 5.61. The zero-order valence-corrected chi connectivity index (χ0v) is 13.1. The first kappa shape index (κ1) is 15.8. The molecule has 0 aromatic heterocycles. The molecule has 0 spiro atoms. The van der Waals surface area contributed by atoms with E-state index in [-0.39, 0.29) is 10.6 Å². The number of nitrogens with zero attached hydrogens (tertiary/aromatic N) is 1. The molecule has 0 unspecified atom stereocenters. The molecular formula is C15H15ClN2O2S. The number of nitro benzene ring substituents is 1. The van der Waals surface area contributed by atoms with Crippen molar-refractivity contribution in [3.8, 4) is 0 Å². The molecule has 0 radical (unpaired) electrons. The van der Waals surface area contributed by atoms with Crippen molar-refractivity contribution in [3.63, 3.8) is 0 Å². The quantitative estimate of drug-likeness (QED) is 0.490. The van der Waals surface area contributed by atoms with E-state index in [4.69, 9.17) is 11.6 Å². The van der Waals surface area contributed by atoms with Gasteiger partial charge in [-0.05, 0) is 36.9 Å². The van der Waals surface area contributed by atoms with Crippen LogP contribution < -0.4 is 5.32 Å². The van der Waals surface area contributed by atoms with Crippen molar-refractivity contribution in [2.45, 2.75) is 17.2 Å². The normalized spacial score (nSPS) is 10.6. The van der Waals surface area contributed by atoms with Gasteiger partial charge in [0, 0.05) is 33.8 Å². The zero-order valence-electron chi connectivity index (χ0n) is 11.5. The van der Waals surface area contributed by atoms with Crippen LogP contribution in [0.3, 0.4) is 0 Å². The fourth-order valence-corrected chi connectivity index (χ4v) is 3.08. The van der Waals surface area contributed by atoms with Gasteiger partial charge < -0.3 is 5.32 Å². The van der Waals surface area contributed by atoms with Gasteiger partial charge in [-0.1, -0.05) is 23.7 Å². The van der Waals surface area contributed by atoms with Gasteiger partial charge in [-0.25, -0.2) is 0 Å². The molecule has 0 heterocycles. The van der Waals surface area contributed by atoms with Crippen molar-refractivity contribution in [3.05, 3.63) is 68.7 Å². The number of nitrogens with one attached hydrogen (secondary N) is 1. The molecule has 4 nitrogen and oxygen atoms in total. The summed E-state index contributed by atoms with van der Waals surface area (Å²) in [6.45, 7) is 0.801. The Morgan fingerprint density at radius 3 is 2.81 bits per heavy atom. The van der Waals surface area contributed by atoms with Gasteiger partial charge in [0.05, 0.1) is 4.92 Å². The molecule has 0 aliphatic heterocycles. The van der Waals surface area contributed by atoms with E-state index in [9.17, 15) is 10.1 Å². The van der Waals surface area contributed by atoms with Gasteiger partial charge in [0.1, 0.15) is 0 Å². The zero-order chi connectivity index (χ0) is 15.2. The molecule has 6 heteroatoms. The van der Waals surface area contributed by atoms with Crippen molar-refractivity contribution in [2.75, 3.05) is 7.05 Å². The first-order valence-corrected chi connectivity index (χ1v) is 7.75. The van der Waals surface area contributed by atoms with E-state index in [2.05, 4.69) is 11.4 Å². The Labute approximate surface area is 132 Å². The van der Waals surface area contributed by atoms with Gasteiger partial charge in [0.25, 0.3) is 5.69 Å². The van der Waals surface area contributed by atoms with Gasteiger partial charge in [-0.3, -0.25) is 10.1 Å². The maximum atomic E-state index is 11.1. The average Bonchev–Trinajstić information content (AvgIpc) is 2.46. The number of nitro groups is 1. The van der Waals surface area contributed by atoms with Crippen molar-refractivity contribution in [1.82, 2.24) is 5.32 Å². The third-order valence-corrected chi connectivity index (χ3v) is 4.20. The molecule has 0 saturated heterocycles. The minimum Gasteiger partial charge on any atom is -0.316 e. The van der Waals surface area contributed by atoms with E-state index >= 15 is 0 Å². The van der Waals surface area contributed by atoms with E-state index in [0.717, 1.165) is 11.4 Å². The lowest BCUT2D eigenvalue weighted by Crippen LogP contribution is -2.04. The van der Waals surface area contributed by atoms with Crippen molar-refractivity contribution < 1.29 is 4.92 Å². The molecule has 0 bridgehead atoms. The Morgan fingerprint density at radius 1 is 1.29 bits per heavy atom. The van der Waals surface area contributed by atoms with Gasteiger partial charge in [0.15, 0.2) is 0 Å². The number of hydrogen-bond acceptors (Lipinski definition) is 4. The summed E-state index contributed by atoms with van der Waals surface area (Å²) in [4.78, 5) is 11.8. The number of halogens is 1. The fraction of sp³-hybridized carbons (Fsp3) is 0.200. The van der Waals surface area contributed by atoms with Crippen LogP contribution in [0.4, 0.5) is 5.69 Å². The van der Waals surface area contributed by atoms with Crippen LogP contribution >= 0.6 is 23.4 Å². The second-order valence-corrected chi connectivity index (χ2v) is 5.98. The predicted molar refractivity (Wildman–Crippen MR) is 86.9 cm³/mol. The highest BCUT2D eigenvalue weighted by Gasteiger charge is 2.14. The fourth-order valence-electron chi connectivity index (χ4n) is 1.94. The minimum absolute atomic E-state index is 0.0707. The van der Waals surface area contributed by atoms with E-state index in [1.165, 1.54) is 11.6 Å². The number of hydrogen-bond donors (Lipinski definition) is 1. The van der Waals surface area contributed by atoms with Crippen LogP contribution in [0, 0.1) is 10.1 Å². The standard InChI is InChI=1S/C15H15ClN2O2S/c1-17-9-11-3-2-4-14(7-11)21-10-12-5-6-13(16)8-15(12)18(19)20/h2-8,17H,9-10H2,1H3. The molecule has 0 atom stereocenters. The van der Waals surface area contributed by atoms with Gasteiger partial charge in [0.2, 0.25) is 0 Å². The summed E-state index contributed by atoms with van der Waals surface area (Å²) in [5.74, 6) is 0.538. The molecular weight excluding hydrogens is 308 g/mol. The molecule has 110 valence electrons. The summed E-state index contributed by atoms with van der Waals surface area (Å²) in [5.41, 5.74) is 1.93. The van der Waals surface area contributed by atoms with E-state index < -0.39 is 0 Å². The first-order chi connectivity index (χ1) is 10.1. The van der Waals surface area contributed by atoms with Crippen molar-refractivity contribution >= 4 is 29.1 Å². The highest BCUT2D eigenvalue weighted by Crippen LogP contribution is 2.30. The summed E-state index contributed by atoms with van der Waals surface area (Å²) in [6, 6.07) is 12.9. The topological polar surface area (TPSA) is 55.2 Å². The predicted octanol–water partition coefficient (Wildman–Crippen LogP) is 4.26. The Hall–Kier alpha value is -1.56. The summed E-state index contributed by atoms with van der Waals surface area (Å²) >= 11 is 7.39. The highest BCUT2D eigenvalue weighted by molar-refractivity contribution is 7.98. The van der Waals surface area contributed by atoms with Gasteiger partial charge in [-0.15, -0.1) is 11.8 Å². The monoisotopic (exact) mass is 322 g/mol. The molecule has 2 aromatic rings. The molecule has 1 N–H and O–H groups in total. The maximum absolute atomic E-state index is 11.1. The van der Waals surface area contributed by atoms with Crippen LogP contribution in [0.1, 0.15) is 11.1 Å². The molecule has 0 fully saturated rings. The van der Waals surface area contributed by atoms with Gasteiger partial charge in [-0.2, -0.15) is 0 Å². The van der Waals surface area contributed by atoms with Crippen molar-refractivity contribution in [2.24, 2.45) is 0 Å². The third-order valence-electron chi connectivity index (χ3n) is 2.92. The van der Waals surface area contributed by atoms with E-state index in [0.29, 0.717) is 16.3 Å². The van der Waals surface area contributed by atoms with Crippen molar-refractivity contribution in [1.29, 1.82) is 0 Å². The lowest BCUT2D eigenvalue weighted by Gasteiger charge is -2.06. The highest BCUT2D eigenvalue weighted by atomic mass is 35.5. The van der Waals surface area contributed by atoms with E-state index in [1.807, 2.05) is 25.2 Å². The second kappa shape index (κ2) is 7.45. The van der Waals surface area contributed by atoms with Crippen LogP contribution in [-0.4, -0.2) is 12.0 Å². The molecule has 2 rings (SSSR count). The molecule has 0 saturated carbocycles. The van der Waals surface area contributed by atoms with Crippen LogP contribution in [0.5, 0.6) is 0 Å². The van der Waals surface area contributed by atoms with Crippen LogP contribution in [0.2, 0.25) is 5.02 Å². The average molecular weight is 323 g/mol. The SMILES string of the molecule is CNCc1cccc(SCc2ccc(Cl)cc2[N+](=O)[O-])c1. The summed E-state index contributed by atoms with van der Waals surface area (Å²) in [6.07, 6.45) is 0. The lowest BCUT2D eigenvalue weighted by atomic mass is 10.2.